The van der Waals surface area contributed by atoms with Crippen molar-refractivity contribution in [2.24, 2.45) is 0 Å². The molecule has 0 spiro atoms. The van der Waals surface area contributed by atoms with E-state index >= 15 is 0 Å². The van der Waals surface area contributed by atoms with Crippen molar-refractivity contribution in [3.63, 3.8) is 0 Å². The van der Waals surface area contributed by atoms with Gasteiger partial charge in [-0.15, -0.1) is 0 Å². The second-order valence-corrected chi connectivity index (χ2v) is 6.16. The van der Waals surface area contributed by atoms with Crippen molar-refractivity contribution in [1.29, 1.82) is 0 Å². The highest BCUT2D eigenvalue weighted by atomic mass is 32.2. The summed E-state index contributed by atoms with van der Waals surface area (Å²) < 4.78 is 29.5. The van der Waals surface area contributed by atoms with Crippen molar-refractivity contribution in [3.8, 4) is 0 Å². The first-order chi connectivity index (χ1) is 7.98. The van der Waals surface area contributed by atoms with Gasteiger partial charge in [-0.05, 0) is 12.8 Å². The van der Waals surface area contributed by atoms with Gasteiger partial charge >= 0.3 is 0 Å². The summed E-state index contributed by atoms with van der Waals surface area (Å²) in [5.41, 5.74) is -1.60. The molecule has 0 heterocycles. The molecule has 2 N–H and O–H groups in total. The molecule has 4 nitrogen and oxygen atoms in total. The van der Waals surface area contributed by atoms with Crippen LogP contribution >= 0.6 is 0 Å². The monoisotopic (exact) mass is 266 g/mol. The summed E-state index contributed by atoms with van der Waals surface area (Å²) in [6.45, 7) is 2.19. The minimum Gasteiger partial charge on any atom is -0.375 e. The van der Waals surface area contributed by atoms with E-state index in [4.69, 9.17) is 9.66 Å². The Balaban J connectivity index is 3.24. The van der Waals surface area contributed by atoms with Gasteiger partial charge in [-0.3, -0.25) is 4.55 Å². The highest BCUT2D eigenvalue weighted by Gasteiger charge is 2.18. The first-order valence-corrected chi connectivity index (χ1v) is 8.13. The third kappa shape index (κ3) is 10.7. The Morgan fingerprint density at radius 3 is 1.71 bits per heavy atom. The Bertz CT molecular complexity index is 262. The van der Waals surface area contributed by atoms with Gasteiger partial charge in [0.1, 0.15) is 0 Å². The van der Waals surface area contributed by atoms with Gasteiger partial charge in [-0.25, -0.2) is 0 Å². The lowest BCUT2D eigenvalue weighted by Crippen LogP contribution is -2.19. The van der Waals surface area contributed by atoms with Crippen LogP contribution < -0.4 is 0 Å². The number of hydrogen-bond acceptors (Lipinski definition) is 3. The van der Waals surface area contributed by atoms with Gasteiger partial charge < -0.3 is 5.11 Å². The lowest BCUT2D eigenvalue weighted by atomic mass is 10.1. The fraction of sp³-hybridized carbons (Fsp3) is 1.00. The quantitative estimate of drug-likeness (QED) is 0.445. The van der Waals surface area contributed by atoms with Gasteiger partial charge in [0.05, 0.1) is 0 Å². The molecule has 0 bridgehead atoms. The summed E-state index contributed by atoms with van der Waals surface area (Å²) in [5.74, 6) is 0. The lowest BCUT2D eigenvalue weighted by Gasteiger charge is -2.06. The third-order valence-electron chi connectivity index (χ3n) is 2.90. The summed E-state index contributed by atoms with van der Waals surface area (Å²) in [4.78, 5) is 0. The van der Waals surface area contributed by atoms with Crippen LogP contribution in [0.5, 0.6) is 0 Å². The number of hydrogen-bond donors (Lipinski definition) is 2. The van der Waals surface area contributed by atoms with Crippen LogP contribution in [0.3, 0.4) is 0 Å². The molecular formula is C12H26O4S. The Morgan fingerprint density at radius 2 is 1.29 bits per heavy atom. The van der Waals surface area contributed by atoms with E-state index < -0.39 is 15.6 Å². The number of aliphatic hydroxyl groups excluding tert-OH is 1. The molecule has 104 valence electrons. The minimum atomic E-state index is -4.25. The maximum Gasteiger partial charge on any atom is 0.291 e. The predicted molar refractivity (Wildman–Crippen MR) is 69.4 cm³/mol. The van der Waals surface area contributed by atoms with Gasteiger partial charge in [-0.1, -0.05) is 58.3 Å². The molecular weight excluding hydrogens is 240 g/mol. The zero-order chi connectivity index (χ0) is 13.1. The van der Waals surface area contributed by atoms with Crippen LogP contribution in [0.2, 0.25) is 0 Å². The average Bonchev–Trinajstić information content (AvgIpc) is 2.25. The standard InChI is InChI=1S/C12H26O4S/c1-2-3-4-5-6-7-8-9-10-11-12(13)17(14,15)16/h12-13H,2-11H2,1H3,(H,14,15,16)/t12-/m0/s1. The summed E-state index contributed by atoms with van der Waals surface area (Å²) in [6, 6.07) is 0. The molecule has 0 aromatic carbocycles. The summed E-state index contributed by atoms with van der Waals surface area (Å²) >= 11 is 0. The normalized spacial score (nSPS) is 13.8. The second-order valence-electron chi connectivity index (χ2n) is 4.59. The van der Waals surface area contributed by atoms with E-state index in [9.17, 15) is 8.42 Å². The van der Waals surface area contributed by atoms with Crippen molar-refractivity contribution in [2.45, 2.75) is 76.6 Å². The van der Waals surface area contributed by atoms with Crippen LogP contribution in [0.15, 0.2) is 0 Å². The minimum absolute atomic E-state index is 0.134. The fourth-order valence-corrected chi connectivity index (χ4v) is 2.24. The van der Waals surface area contributed by atoms with Gasteiger partial charge in [0.15, 0.2) is 5.44 Å². The zero-order valence-electron chi connectivity index (χ0n) is 10.8. The largest absolute Gasteiger partial charge is 0.375 e. The molecule has 0 fully saturated rings. The van der Waals surface area contributed by atoms with E-state index in [2.05, 4.69) is 6.92 Å². The van der Waals surface area contributed by atoms with Crippen LogP contribution in [0.1, 0.15) is 71.1 Å². The molecule has 0 saturated carbocycles. The number of unbranched alkanes of at least 4 members (excludes halogenated alkanes) is 8. The van der Waals surface area contributed by atoms with Crippen LogP contribution in [0.4, 0.5) is 0 Å². The van der Waals surface area contributed by atoms with Gasteiger partial charge in [-0.2, -0.15) is 8.42 Å². The SMILES string of the molecule is CCCCCCCCCCC[C@@H](O)S(=O)(=O)O. The second kappa shape index (κ2) is 9.85. The molecule has 0 rings (SSSR count). The van der Waals surface area contributed by atoms with Gasteiger partial charge in [0.25, 0.3) is 10.1 Å². The molecule has 0 aliphatic rings. The van der Waals surface area contributed by atoms with Crippen LogP contribution in [0, 0.1) is 0 Å². The maximum atomic E-state index is 10.5. The molecule has 17 heavy (non-hydrogen) atoms. The molecule has 1 atom stereocenters. The van der Waals surface area contributed by atoms with E-state index in [-0.39, 0.29) is 6.42 Å². The zero-order valence-corrected chi connectivity index (χ0v) is 11.6. The molecule has 0 saturated heterocycles. The highest BCUT2D eigenvalue weighted by Crippen LogP contribution is 2.12. The molecule has 0 radical (unpaired) electrons. The Hall–Kier alpha value is -0.130. The lowest BCUT2D eigenvalue weighted by molar-refractivity contribution is 0.219. The van der Waals surface area contributed by atoms with Crippen LogP contribution in [0.25, 0.3) is 0 Å². The van der Waals surface area contributed by atoms with E-state index in [0.717, 1.165) is 12.8 Å². The maximum absolute atomic E-state index is 10.5. The van der Waals surface area contributed by atoms with E-state index in [1.165, 1.54) is 38.5 Å². The highest BCUT2D eigenvalue weighted by molar-refractivity contribution is 7.86. The smallest absolute Gasteiger partial charge is 0.291 e. The molecule has 0 aliphatic carbocycles. The van der Waals surface area contributed by atoms with Crippen LogP contribution in [-0.4, -0.2) is 23.5 Å². The predicted octanol–water partition coefficient (Wildman–Crippen LogP) is 3.11. The molecule has 5 heteroatoms. The Morgan fingerprint density at radius 1 is 0.882 bits per heavy atom. The van der Waals surface area contributed by atoms with Crippen molar-refractivity contribution in [1.82, 2.24) is 0 Å². The molecule has 0 unspecified atom stereocenters. The van der Waals surface area contributed by atoms with Crippen molar-refractivity contribution >= 4 is 10.1 Å². The molecule has 0 aromatic rings. The molecule has 0 aliphatic heterocycles. The molecule has 0 amide bonds. The molecule has 0 aromatic heterocycles. The van der Waals surface area contributed by atoms with Crippen LogP contribution in [-0.2, 0) is 10.1 Å². The van der Waals surface area contributed by atoms with Gasteiger partial charge in [0, 0.05) is 0 Å². The van der Waals surface area contributed by atoms with Crippen molar-refractivity contribution < 1.29 is 18.1 Å². The Kier molecular flexibility index (Phi) is 9.78. The van der Waals surface area contributed by atoms with Gasteiger partial charge in [0.2, 0.25) is 0 Å². The summed E-state index contributed by atoms with van der Waals surface area (Å²) in [6.07, 6.45) is 10.3. The van der Waals surface area contributed by atoms with Crippen molar-refractivity contribution in [3.05, 3.63) is 0 Å². The first kappa shape index (κ1) is 16.9. The first-order valence-electron chi connectivity index (χ1n) is 6.63. The third-order valence-corrected chi connectivity index (χ3v) is 3.82. The fourth-order valence-electron chi connectivity index (χ4n) is 1.78. The van der Waals surface area contributed by atoms with Crippen molar-refractivity contribution in [2.75, 3.05) is 0 Å². The topological polar surface area (TPSA) is 74.6 Å². The van der Waals surface area contributed by atoms with E-state index in [0.29, 0.717) is 6.42 Å². The summed E-state index contributed by atoms with van der Waals surface area (Å²) in [7, 11) is -4.25. The number of rotatable bonds is 11. The number of aliphatic hydroxyl groups is 1. The van der Waals surface area contributed by atoms with E-state index in [1.54, 1.807) is 0 Å². The average molecular weight is 266 g/mol. The Labute approximate surface area is 105 Å². The summed E-state index contributed by atoms with van der Waals surface area (Å²) in [5, 5.41) is 9.05. The van der Waals surface area contributed by atoms with E-state index in [1.807, 2.05) is 0 Å².